The summed E-state index contributed by atoms with van der Waals surface area (Å²) in [6.07, 6.45) is 2.40. The third-order valence-corrected chi connectivity index (χ3v) is 2.40. The van der Waals surface area contributed by atoms with E-state index in [-0.39, 0.29) is 0 Å². The molecule has 0 amide bonds. The van der Waals surface area contributed by atoms with Crippen LogP contribution in [0.4, 0.5) is 0 Å². The van der Waals surface area contributed by atoms with Crippen LogP contribution in [-0.2, 0) is 4.79 Å². The van der Waals surface area contributed by atoms with Gasteiger partial charge in [0.05, 0.1) is 0 Å². The Labute approximate surface area is 76.9 Å². The first-order valence-electron chi connectivity index (χ1n) is 3.12. The molecule has 0 spiro atoms. The average Bonchev–Trinajstić information content (AvgIpc) is 2.31. The minimum atomic E-state index is 0.356. The Morgan fingerprint density at radius 1 is 1.70 bits per heavy atom. The first-order valence-corrected chi connectivity index (χ1v) is 6.48. The van der Waals surface area contributed by atoms with Gasteiger partial charge in [0.25, 0.3) is 0 Å². The van der Waals surface area contributed by atoms with Crippen LogP contribution in [0, 0.1) is 17.1 Å². The van der Waals surface area contributed by atoms with E-state index >= 15 is 0 Å². The Bertz CT molecular complexity index is 192. The van der Waals surface area contributed by atoms with E-state index in [0.717, 1.165) is 12.8 Å². The Balaban J connectivity index is 2.38. The van der Waals surface area contributed by atoms with Crippen LogP contribution in [0.3, 0.4) is 0 Å². The van der Waals surface area contributed by atoms with Crippen molar-refractivity contribution in [3.05, 3.63) is 0 Å². The number of rotatable bonds is 0. The summed E-state index contributed by atoms with van der Waals surface area (Å²) < 4.78 is 0. The van der Waals surface area contributed by atoms with Crippen LogP contribution >= 0.6 is 30.1 Å². The molecule has 1 saturated carbocycles. The molecule has 1 unspecified atom stereocenters. The van der Waals surface area contributed by atoms with Crippen LogP contribution in [0.5, 0.6) is 0 Å². The van der Waals surface area contributed by atoms with Crippen LogP contribution in [0.1, 0.15) is 19.3 Å². The Hall–Kier alpha value is 0.310. The summed E-state index contributed by atoms with van der Waals surface area (Å²) in [5.74, 6) is 3.78. The van der Waals surface area contributed by atoms with Crippen molar-refractivity contribution in [2.45, 2.75) is 19.3 Å². The molecule has 0 radical (unpaired) electrons. The lowest BCUT2D eigenvalue weighted by Gasteiger charge is -1.91. The molecule has 0 saturated heterocycles. The molecule has 1 nitrogen and oxygen atoms in total. The van der Waals surface area contributed by atoms with Gasteiger partial charge in [-0.1, -0.05) is 5.92 Å². The van der Waals surface area contributed by atoms with Crippen LogP contribution < -0.4 is 0 Å². The molecule has 54 valence electrons. The molecule has 0 aromatic carbocycles. The normalized spacial score (nSPS) is 24.1. The van der Waals surface area contributed by atoms with E-state index in [1.54, 1.807) is 0 Å². The number of ketones is 1. The van der Waals surface area contributed by atoms with E-state index in [4.69, 9.17) is 0 Å². The lowest BCUT2D eigenvalue weighted by molar-refractivity contribution is -0.117. The first-order chi connectivity index (χ1) is 4.83. The molecule has 1 fully saturated rings. The molecule has 0 bridgehead atoms. The van der Waals surface area contributed by atoms with Crippen molar-refractivity contribution < 1.29 is 4.79 Å². The summed E-state index contributed by atoms with van der Waals surface area (Å²) in [5.41, 5.74) is 0. The summed E-state index contributed by atoms with van der Waals surface area (Å²) in [4.78, 5) is 10.7. The predicted octanol–water partition coefficient (Wildman–Crippen LogP) is 2.40. The SMILES string of the molecule is O=C1CCC(C#CSI)C1. The topological polar surface area (TPSA) is 17.1 Å². The quantitative estimate of drug-likeness (QED) is 0.494. The van der Waals surface area contributed by atoms with Gasteiger partial charge in [0, 0.05) is 40.0 Å². The molecule has 0 N–H and O–H groups in total. The van der Waals surface area contributed by atoms with E-state index in [0.29, 0.717) is 18.1 Å². The smallest absolute Gasteiger partial charge is 0.134 e. The fourth-order valence-electron chi connectivity index (χ4n) is 1.04. The van der Waals surface area contributed by atoms with Gasteiger partial charge < -0.3 is 0 Å². The van der Waals surface area contributed by atoms with Crippen LogP contribution in [0.15, 0.2) is 0 Å². The van der Waals surface area contributed by atoms with Crippen molar-refractivity contribution in [2.75, 3.05) is 0 Å². The molecule has 1 aliphatic rings. The van der Waals surface area contributed by atoms with Gasteiger partial charge in [-0.15, -0.1) is 0 Å². The predicted molar refractivity (Wildman–Crippen MR) is 51.7 cm³/mol. The highest BCUT2D eigenvalue weighted by Gasteiger charge is 2.19. The zero-order valence-corrected chi connectivity index (χ0v) is 8.37. The average molecular weight is 266 g/mol. The van der Waals surface area contributed by atoms with Gasteiger partial charge in [-0.3, -0.25) is 4.79 Å². The van der Waals surface area contributed by atoms with Crippen molar-refractivity contribution in [1.82, 2.24) is 0 Å². The highest BCUT2D eigenvalue weighted by Crippen LogP contribution is 2.21. The molecular formula is C7H7IOS. The van der Waals surface area contributed by atoms with Gasteiger partial charge >= 0.3 is 0 Å². The number of hydrogen-bond acceptors (Lipinski definition) is 2. The van der Waals surface area contributed by atoms with Gasteiger partial charge in [-0.05, 0) is 20.6 Å². The van der Waals surface area contributed by atoms with Crippen LogP contribution in [0.2, 0.25) is 0 Å². The number of halogens is 1. The molecule has 1 atom stereocenters. The molecule has 0 aromatic rings. The van der Waals surface area contributed by atoms with Crippen LogP contribution in [-0.4, -0.2) is 5.78 Å². The molecule has 0 heterocycles. The molecular weight excluding hydrogens is 259 g/mol. The second-order valence-corrected chi connectivity index (χ2v) is 3.98. The van der Waals surface area contributed by atoms with E-state index in [1.165, 1.54) is 8.93 Å². The van der Waals surface area contributed by atoms with E-state index in [9.17, 15) is 4.79 Å². The minimum absolute atomic E-state index is 0.356. The van der Waals surface area contributed by atoms with Gasteiger partial charge in [-0.25, -0.2) is 0 Å². The van der Waals surface area contributed by atoms with E-state index in [2.05, 4.69) is 32.4 Å². The lowest BCUT2D eigenvalue weighted by atomic mass is 10.1. The van der Waals surface area contributed by atoms with Crippen molar-refractivity contribution in [3.63, 3.8) is 0 Å². The third kappa shape index (κ3) is 2.51. The first kappa shape index (κ1) is 8.41. The van der Waals surface area contributed by atoms with Gasteiger partial charge in [0.2, 0.25) is 0 Å². The second kappa shape index (κ2) is 4.24. The highest BCUT2D eigenvalue weighted by molar-refractivity contribution is 14.2. The van der Waals surface area contributed by atoms with Gasteiger partial charge in [0.1, 0.15) is 5.78 Å². The summed E-state index contributed by atoms with van der Waals surface area (Å²) >= 11 is 2.14. The summed E-state index contributed by atoms with van der Waals surface area (Å²) in [7, 11) is 1.49. The third-order valence-electron chi connectivity index (χ3n) is 1.55. The van der Waals surface area contributed by atoms with Crippen molar-refractivity contribution >= 4 is 35.9 Å². The number of carbonyl (C=O) groups is 1. The Morgan fingerprint density at radius 2 is 2.50 bits per heavy atom. The fourth-order valence-corrected chi connectivity index (χ4v) is 1.64. The standard InChI is InChI=1S/C7H7IOS/c8-10-4-3-6-1-2-7(9)5-6/h6H,1-2,5H2. The minimum Gasteiger partial charge on any atom is -0.300 e. The lowest BCUT2D eigenvalue weighted by Crippen LogP contribution is -1.89. The molecule has 0 aromatic heterocycles. The number of Topliss-reactive ketones (excluding diaryl/α,β-unsaturated/α-hetero) is 1. The Morgan fingerprint density at radius 3 is 3.00 bits per heavy atom. The van der Waals surface area contributed by atoms with E-state index in [1.807, 2.05) is 0 Å². The largest absolute Gasteiger partial charge is 0.300 e. The maximum atomic E-state index is 10.7. The zero-order valence-electron chi connectivity index (χ0n) is 5.39. The molecule has 0 aliphatic heterocycles. The summed E-state index contributed by atoms with van der Waals surface area (Å²) in [6, 6.07) is 0. The van der Waals surface area contributed by atoms with E-state index < -0.39 is 0 Å². The maximum Gasteiger partial charge on any atom is 0.134 e. The number of carbonyl (C=O) groups excluding carboxylic acids is 1. The Kier molecular flexibility index (Phi) is 3.57. The summed E-state index contributed by atoms with van der Waals surface area (Å²) in [5, 5.41) is 2.91. The monoisotopic (exact) mass is 266 g/mol. The maximum absolute atomic E-state index is 10.7. The summed E-state index contributed by atoms with van der Waals surface area (Å²) in [6.45, 7) is 0. The molecule has 1 aliphatic carbocycles. The fraction of sp³-hybridized carbons (Fsp3) is 0.571. The number of hydrogen-bond donors (Lipinski definition) is 0. The molecule has 1 rings (SSSR count). The van der Waals surface area contributed by atoms with Crippen molar-refractivity contribution in [3.8, 4) is 11.2 Å². The van der Waals surface area contributed by atoms with Crippen LogP contribution in [0.25, 0.3) is 0 Å². The highest BCUT2D eigenvalue weighted by atomic mass is 127. The zero-order chi connectivity index (χ0) is 7.40. The van der Waals surface area contributed by atoms with Crippen molar-refractivity contribution in [1.29, 1.82) is 0 Å². The molecule has 10 heavy (non-hydrogen) atoms. The van der Waals surface area contributed by atoms with Gasteiger partial charge in [-0.2, -0.15) is 0 Å². The van der Waals surface area contributed by atoms with Gasteiger partial charge in [0.15, 0.2) is 0 Å². The second-order valence-electron chi connectivity index (χ2n) is 2.30. The molecule has 3 heteroatoms. The van der Waals surface area contributed by atoms with Crippen molar-refractivity contribution in [2.24, 2.45) is 5.92 Å².